The number of benzene rings is 2. The molecule has 0 aliphatic rings. The molecule has 0 unspecified atom stereocenters. The maximum atomic E-state index is 13.6. The Hall–Kier alpha value is -1.82. The van der Waals surface area contributed by atoms with Crippen LogP contribution in [0.5, 0.6) is 0 Å². The van der Waals surface area contributed by atoms with E-state index in [0.717, 1.165) is 0 Å². The van der Waals surface area contributed by atoms with E-state index in [1.165, 1.54) is 18.2 Å². The highest BCUT2D eigenvalue weighted by molar-refractivity contribution is 9.10. The zero-order valence-corrected chi connectivity index (χ0v) is 10.8. The Kier molecular flexibility index (Phi) is 3.61. The van der Waals surface area contributed by atoms with Crippen LogP contribution in [-0.2, 0) is 0 Å². The third kappa shape index (κ3) is 2.63. The van der Waals surface area contributed by atoms with Crippen molar-refractivity contribution in [2.45, 2.75) is 0 Å². The van der Waals surface area contributed by atoms with Gasteiger partial charge in [0.1, 0.15) is 5.82 Å². The van der Waals surface area contributed by atoms with Crippen molar-refractivity contribution in [3.8, 4) is 11.1 Å². The summed E-state index contributed by atoms with van der Waals surface area (Å²) in [6.07, 6.45) is 0. The molecule has 0 aliphatic carbocycles. The van der Waals surface area contributed by atoms with Crippen molar-refractivity contribution < 1.29 is 23.1 Å². The van der Waals surface area contributed by atoms with Gasteiger partial charge in [0, 0.05) is 16.1 Å². The fourth-order valence-electron chi connectivity index (χ4n) is 1.60. The Morgan fingerprint density at radius 3 is 2.26 bits per heavy atom. The maximum Gasteiger partial charge on any atom is 0.336 e. The number of hydrogen-bond donors (Lipinski definition) is 1. The zero-order chi connectivity index (χ0) is 14.2. The number of carboxylic acids is 1. The Morgan fingerprint density at radius 2 is 1.63 bits per heavy atom. The Bertz CT molecular complexity index is 671. The predicted octanol–water partition coefficient (Wildman–Crippen LogP) is 4.23. The van der Waals surface area contributed by atoms with Crippen molar-refractivity contribution >= 4 is 21.9 Å². The van der Waals surface area contributed by atoms with Gasteiger partial charge in [-0.05, 0) is 39.7 Å². The molecule has 2 aromatic carbocycles. The largest absolute Gasteiger partial charge is 0.478 e. The van der Waals surface area contributed by atoms with E-state index in [1.54, 1.807) is 0 Å². The van der Waals surface area contributed by atoms with Gasteiger partial charge < -0.3 is 5.11 Å². The van der Waals surface area contributed by atoms with Crippen molar-refractivity contribution in [2.24, 2.45) is 0 Å². The van der Waals surface area contributed by atoms with Gasteiger partial charge in [-0.2, -0.15) is 0 Å². The first-order valence-electron chi connectivity index (χ1n) is 5.08. The van der Waals surface area contributed by atoms with Gasteiger partial charge >= 0.3 is 5.97 Å². The third-order valence-corrected chi connectivity index (χ3v) is 3.21. The van der Waals surface area contributed by atoms with Crippen molar-refractivity contribution in [1.82, 2.24) is 0 Å². The van der Waals surface area contributed by atoms with Crippen LogP contribution in [0.4, 0.5) is 13.2 Å². The second kappa shape index (κ2) is 5.05. The highest BCUT2D eigenvalue weighted by atomic mass is 79.9. The lowest BCUT2D eigenvalue weighted by molar-refractivity contribution is 0.0696. The molecule has 0 saturated heterocycles. The minimum absolute atomic E-state index is 0.0957. The summed E-state index contributed by atoms with van der Waals surface area (Å²) in [7, 11) is 0. The van der Waals surface area contributed by atoms with Crippen LogP contribution < -0.4 is 0 Å². The molecule has 0 aliphatic heterocycles. The summed E-state index contributed by atoms with van der Waals surface area (Å²) in [6, 6.07) is 5.11. The lowest BCUT2D eigenvalue weighted by Gasteiger charge is -2.07. The number of halogens is 4. The molecule has 1 N–H and O–H groups in total. The van der Waals surface area contributed by atoms with Crippen LogP contribution in [0.1, 0.15) is 10.4 Å². The van der Waals surface area contributed by atoms with Crippen molar-refractivity contribution in [3.05, 3.63) is 57.8 Å². The van der Waals surface area contributed by atoms with Crippen LogP contribution in [0.15, 0.2) is 34.8 Å². The molecule has 2 rings (SSSR count). The lowest BCUT2D eigenvalue weighted by atomic mass is 10.0. The van der Waals surface area contributed by atoms with Crippen molar-refractivity contribution in [1.29, 1.82) is 0 Å². The monoisotopic (exact) mass is 330 g/mol. The van der Waals surface area contributed by atoms with Crippen LogP contribution in [0.25, 0.3) is 11.1 Å². The molecule has 2 nitrogen and oxygen atoms in total. The summed E-state index contributed by atoms with van der Waals surface area (Å²) in [5.74, 6) is -4.66. The molecule has 98 valence electrons. The average Bonchev–Trinajstić information content (AvgIpc) is 2.34. The fraction of sp³-hybridized carbons (Fsp3) is 0. The summed E-state index contributed by atoms with van der Waals surface area (Å²) >= 11 is 3.04. The van der Waals surface area contributed by atoms with E-state index in [4.69, 9.17) is 5.11 Å². The van der Waals surface area contributed by atoms with Crippen LogP contribution in [0.2, 0.25) is 0 Å². The second-order valence-corrected chi connectivity index (χ2v) is 4.60. The van der Waals surface area contributed by atoms with Gasteiger partial charge in [-0.1, -0.05) is 6.07 Å². The van der Waals surface area contributed by atoms with Crippen molar-refractivity contribution in [3.63, 3.8) is 0 Å². The van der Waals surface area contributed by atoms with Gasteiger partial charge in [0.05, 0.1) is 5.56 Å². The Balaban J connectivity index is 2.63. The van der Waals surface area contributed by atoms with Crippen LogP contribution >= 0.6 is 15.9 Å². The molecule has 0 aromatic heterocycles. The summed E-state index contributed by atoms with van der Waals surface area (Å²) in [6.45, 7) is 0. The first kappa shape index (κ1) is 13.6. The van der Waals surface area contributed by atoms with Gasteiger partial charge in [-0.3, -0.25) is 0 Å². The SMILES string of the molecule is O=C(O)c1cc(-c2cc(F)c(F)cc2F)ccc1Br. The molecular formula is C13H6BrF3O2. The lowest BCUT2D eigenvalue weighted by Crippen LogP contribution is -1.99. The van der Waals surface area contributed by atoms with E-state index in [1.807, 2.05) is 0 Å². The van der Waals surface area contributed by atoms with E-state index in [0.29, 0.717) is 16.6 Å². The summed E-state index contributed by atoms with van der Waals surface area (Å²) in [5.41, 5.74) is -0.146. The minimum Gasteiger partial charge on any atom is -0.478 e. The maximum absolute atomic E-state index is 13.6. The number of hydrogen-bond acceptors (Lipinski definition) is 1. The van der Waals surface area contributed by atoms with Crippen molar-refractivity contribution in [2.75, 3.05) is 0 Å². The molecule has 6 heteroatoms. The van der Waals surface area contributed by atoms with E-state index in [2.05, 4.69) is 15.9 Å². The number of carbonyl (C=O) groups is 1. The standard InChI is InChI=1S/C13H6BrF3O2/c14-9-2-1-6(3-8(9)13(18)19)7-4-11(16)12(17)5-10(7)15/h1-5H,(H,18,19). The molecule has 0 fully saturated rings. The summed E-state index contributed by atoms with van der Waals surface area (Å²) in [5, 5.41) is 8.95. The average molecular weight is 331 g/mol. The molecule has 0 radical (unpaired) electrons. The summed E-state index contributed by atoms with van der Waals surface area (Å²) < 4.78 is 39.8. The van der Waals surface area contributed by atoms with Gasteiger partial charge in [0.2, 0.25) is 0 Å². The molecule has 0 heterocycles. The first-order valence-corrected chi connectivity index (χ1v) is 5.87. The molecule has 0 bridgehead atoms. The Morgan fingerprint density at radius 1 is 1.00 bits per heavy atom. The highest BCUT2D eigenvalue weighted by Gasteiger charge is 2.15. The predicted molar refractivity (Wildman–Crippen MR) is 66.4 cm³/mol. The van der Waals surface area contributed by atoms with E-state index in [9.17, 15) is 18.0 Å². The first-order chi connectivity index (χ1) is 8.90. The quantitative estimate of drug-likeness (QED) is 0.836. The van der Waals surface area contributed by atoms with E-state index >= 15 is 0 Å². The van der Waals surface area contributed by atoms with E-state index < -0.39 is 23.4 Å². The smallest absolute Gasteiger partial charge is 0.336 e. The van der Waals surface area contributed by atoms with E-state index in [-0.39, 0.29) is 16.7 Å². The third-order valence-electron chi connectivity index (χ3n) is 2.52. The molecule has 0 spiro atoms. The van der Waals surface area contributed by atoms with Gasteiger partial charge in [-0.25, -0.2) is 18.0 Å². The highest BCUT2D eigenvalue weighted by Crippen LogP contribution is 2.29. The van der Waals surface area contributed by atoms with Crippen LogP contribution in [-0.4, -0.2) is 11.1 Å². The number of rotatable bonds is 2. The van der Waals surface area contributed by atoms with Gasteiger partial charge in [0.15, 0.2) is 11.6 Å². The number of carboxylic acid groups (broad SMARTS) is 1. The van der Waals surface area contributed by atoms with Gasteiger partial charge in [0.25, 0.3) is 0 Å². The van der Waals surface area contributed by atoms with Crippen LogP contribution in [0.3, 0.4) is 0 Å². The zero-order valence-electron chi connectivity index (χ0n) is 9.25. The molecular weight excluding hydrogens is 325 g/mol. The molecule has 0 amide bonds. The molecule has 2 aromatic rings. The topological polar surface area (TPSA) is 37.3 Å². The minimum atomic E-state index is -1.29. The van der Waals surface area contributed by atoms with Crippen LogP contribution in [0, 0.1) is 17.5 Å². The molecule has 0 saturated carbocycles. The fourth-order valence-corrected chi connectivity index (χ4v) is 2.02. The molecule has 19 heavy (non-hydrogen) atoms. The summed E-state index contributed by atoms with van der Waals surface area (Å²) in [4.78, 5) is 11.0. The molecule has 0 atom stereocenters. The normalized spacial score (nSPS) is 10.5. The number of aromatic carboxylic acids is 1. The second-order valence-electron chi connectivity index (χ2n) is 3.75. The Labute approximate surface area is 114 Å². The van der Waals surface area contributed by atoms with Gasteiger partial charge in [-0.15, -0.1) is 0 Å².